The van der Waals surface area contributed by atoms with Crippen molar-refractivity contribution in [2.45, 2.75) is 44.1 Å². The molecule has 2 heterocycles. The summed E-state index contributed by atoms with van der Waals surface area (Å²) in [6, 6.07) is 0. The van der Waals surface area contributed by atoms with Gasteiger partial charge >= 0.3 is 5.97 Å². The number of carbonyl (C=O) groups is 1. The van der Waals surface area contributed by atoms with Crippen LogP contribution in [0.1, 0.15) is 47.7 Å². The molecule has 0 aromatic carbocycles. The highest BCUT2D eigenvalue weighted by Crippen LogP contribution is 2.48. The van der Waals surface area contributed by atoms with E-state index in [1.807, 2.05) is 7.05 Å². The fourth-order valence-corrected chi connectivity index (χ4v) is 3.09. The van der Waals surface area contributed by atoms with Crippen molar-refractivity contribution in [1.29, 1.82) is 0 Å². The molecular formula is C13H19N3O2. The molecule has 0 radical (unpaired) electrons. The molecule has 1 fully saturated rings. The van der Waals surface area contributed by atoms with Gasteiger partial charge in [0.1, 0.15) is 5.82 Å². The van der Waals surface area contributed by atoms with E-state index in [0.29, 0.717) is 0 Å². The van der Waals surface area contributed by atoms with Crippen LogP contribution in [0.2, 0.25) is 0 Å². The van der Waals surface area contributed by atoms with Gasteiger partial charge in [0.25, 0.3) is 0 Å². The number of aromatic nitrogens is 2. The van der Waals surface area contributed by atoms with Gasteiger partial charge in [-0.15, -0.1) is 0 Å². The largest absolute Gasteiger partial charge is 0.476 e. The van der Waals surface area contributed by atoms with Gasteiger partial charge in [-0.3, -0.25) is 0 Å². The molecule has 0 saturated heterocycles. The minimum Gasteiger partial charge on any atom is -0.476 e. The van der Waals surface area contributed by atoms with Gasteiger partial charge in [0.05, 0.1) is 5.69 Å². The van der Waals surface area contributed by atoms with Crippen LogP contribution in [0.3, 0.4) is 0 Å². The zero-order chi connectivity index (χ0) is 12.8. The van der Waals surface area contributed by atoms with Crippen molar-refractivity contribution in [3.63, 3.8) is 0 Å². The number of hydrogen-bond acceptors (Lipinski definition) is 3. The van der Waals surface area contributed by atoms with Gasteiger partial charge in [-0.2, -0.15) is 0 Å². The Labute approximate surface area is 106 Å². The van der Waals surface area contributed by atoms with Gasteiger partial charge in [-0.1, -0.05) is 0 Å². The van der Waals surface area contributed by atoms with E-state index in [2.05, 4.69) is 14.9 Å². The third-order valence-corrected chi connectivity index (χ3v) is 4.16. The first-order chi connectivity index (χ1) is 8.68. The van der Waals surface area contributed by atoms with Crippen LogP contribution in [-0.2, 0) is 18.4 Å². The fourth-order valence-electron chi connectivity index (χ4n) is 3.09. The Bertz CT molecular complexity index is 489. The molecule has 0 spiro atoms. The molecule has 1 aliphatic heterocycles. The Morgan fingerprint density at radius 3 is 2.89 bits per heavy atom. The van der Waals surface area contributed by atoms with Crippen molar-refractivity contribution in [3.8, 4) is 0 Å². The SMILES string of the molecule is CNCC1(c2nc(C(=O)O)c3n2CCCC3)CC1. The molecule has 1 aromatic rings. The van der Waals surface area contributed by atoms with Gasteiger partial charge in [0.15, 0.2) is 5.69 Å². The zero-order valence-corrected chi connectivity index (χ0v) is 10.7. The molecule has 0 bridgehead atoms. The van der Waals surface area contributed by atoms with Crippen LogP contribution in [0.25, 0.3) is 0 Å². The summed E-state index contributed by atoms with van der Waals surface area (Å²) >= 11 is 0. The maximum absolute atomic E-state index is 11.3. The second kappa shape index (κ2) is 4.09. The molecular weight excluding hydrogens is 230 g/mol. The van der Waals surface area contributed by atoms with Crippen molar-refractivity contribution in [1.82, 2.24) is 14.9 Å². The van der Waals surface area contributed by atoms with Gasteiger partial charge in [-0.05, 0) is 39.2 Å². The lowest BCUT2D eigenvalue weighted by molar-refractivity contribution is 0.0689. The van der Waals surface area contributed by atoms with Crippen LogP contribution in [0.15, 0.2) is 0 Å². The van der Waals surface area contributed by atoms with Crippen LogP contribution < -0.4 is 5.32 Å². The number of hydrogen-bond donors (Lipinski definition) is 2. The summed E-state index contributed by atoms with van der Waals surface area (Å²) in [6.07, 6.45) is 5.28. The summed E-state index contributed by atoms with van der Waals surface area (Å²) in [7, 11) is 1.94. The molecule has 0 amide bonds. The third-order valence-electron chi connectivity index (χ3n) is 4.16. The highest BCUT2D eigenvalue weighted by molar-refractivity contribution is 5.87. The van der Waals surface area contributed by atoms with Gasteiger partial charge in [-0.25, -0.2) is 9.78 Å². The third kappa shape index (κ3) is 1.65. The van der Waals surface area contributed by atoms with Crippen LogP contribution in [-0.4, -0.2) is 34.2 Å². The predicted molar refractivity (Wildman–Crippen MR) is 67.0 cm³/mol. The Morgan fingerprint density at radius 1 is 1.50 bits per heavy atom. The molecule has 0 atom stereocenters. The molecule has 98 valence electrons. The first-order valence-electron chi connectivity index (χ1n) is 6.66. The fraction of sp³-hybridized carbons (Fsp3) is 0.692. The number of nitrogens with zero attached hydrogens (tertiary/aromatic N) is 2. The van der Waals surface area contributed by atoms with Gasteiger partial charge in [0.2, 0.25) is 0 Å². The minimum absolute atomic E-state index is 0.0918. The smallest absolute Gasteiger partial charge is 0.356 e. The summed E-state index contributed by atoms with van der Waals surface area (Å²) < 4.78 is 2.18. The van der Waals surface area contributed by atoms with E-state index < -0.39 is 5.97 Å². The number of carboxylic acid groups (broad SMARTS) is 1. The zero-order valence-electron chi connectivity index (χ0n) is 10.7. The average Bonchev–Trinajstić information content (AvgIpc) is 3.02. The van der Waals surface area contributed by atoms with E-state index in [-0.39, 0.29) is 11.1 Å². The average molecular weight is 249 g/mol. The summed E-state index contributed by atoms with van der Waals surface area (Å²) in [5.74, 6) is 0.121. The second-order valence-corrected chi connectivity index (χ2v) is 5.46. The second-order valence-electron chi connectivity index (χ2n) is 5.46. The Kier molecular flexibility index (Phi) is 2.66. The first kappa shape index (κ1) is 11.7. The lowest BCUT2D eigenvalue weighted by Crippen LogP contribution is -2.28. The van der Waals surface area contributed by atoms with E-state index in [1.54, 1.807) is 0 Å². The Balaban J connectivity index is 2.07. The standard InChI is InChI=1S/C13H19N3O2/c1-14-8-13(5-6-13)12-15-10(11(17)18)9-4-2-3-7-16(9)12/h14H,2-8H2,1H3,(H,17,18). The number of aromatic carboxylic acids is 1. The summed E-state index contributed by atoms with van der Waals surface area (Å²) in [4.78, 5) is 15.8. The maximum atomic E-state index is 11.3. The molecule has 1 saturated carbocycles. The quantitative estimate of drug-likeness (QED) is 0.840. The van der Waals surface area contributed by atoms with E-state index in [4.69, 9.17) is 0 Å². The molecule has 5 nitrogen and oxygen atoms in total. The Morgan fingerprint density at radius 2 is 2.28 bits per heavy atom. The van der Waals surface area contributed by atoms with E-state index >= 15 is 0 Å². The summed E-state index contributed by atoms with van der Waals surface area (Å²) in [5.41, 5.74) is 1.31. The van der Waals surface area contributed by atoms with E-state index in [0.717, 1.165) is 56.7 Å². The van der Waals surface area contributed by atoms with Gasteiger partial charge < -0.3 is 15.0 Å². The predicted octanol–water partition coefficient (Wildman–Crippen LogP) is 1.17. The lowest BCUT2D eigenvalue weighted by Gasteiger charge is -2.21. The molecule has 1 aliphatic carbocycles. The number of carboxylic acids is 1. The van der Waals surface area contributed by atoms with Gasteiger partial charge in [0, 0.05) is 18.5 Å². The first-order valence-corrected chi connectivity index (χ1v) is 6.66. The van der Waals surface area contributed by atoms with Crippen molar-refractivity contribution < 1.29 is 9.90 Å². The number of nitrogens with one attached hydrogen (secondary N) is 1. The highest BCUT2D eigenvalue weighted by Gasteiger charge is 2.48. The Hall–Kier alpha value is -1.36. The number of rotatable bonds is 4. The van der Waals surface area contributed by atoms with Crippen molar-refractivity contribution >= 4 is 5.97 Å². The van der Waals surface area contributed by atoms with Crippen LogP contribution in [0, 0.1) is 0 Å². The number of fused-ring (bicyclic) bond motifs is 1. The molecule has 18 heavy (non-hydrogen) atoms. The lowest BCUT2D eigenvalue weighted by atomic mass is 10.0. The number of likely N-dealkylation sites (N-methyl/N-ethyl adjacent to an activating group) is 1. The molecule has 1 aromatic heterocycles. The van der Waals surface area contributed by atoms with Crippen LogP contribution in [0.5, 0.6) is 0 Å². The molecule has 5 heteroatoms. The van der Waals surface area contributed by atoms with Crippen LogP contribution >= 0.6 is 0 Å². The van der Waals surface area contributed by atoms with E-state index in [9.17, 15) is 9.90 Å². The van der Waals surface area contributed by atoms with E-state index in [1.165, 1.54) is 0 Å². The van der Waals surface area contributed by atoms with Crippen molar-refractivity contribution in [2.24, 2.45) is 0 Å². The normalized spacial score (nSPS) is 20.5. The summed E-state index contributed by atoms with van der Waals surface area (Å²) in [6.45, 7) is 1.82. The number of imidazole rings is 1. The van der Waals surface area contributed by atoms with Crippen molar-refractivity contribution in [3.05, 3.63) is 17.2 Å². The van der Waals surface area contributed by atoms with Crippen LogP contribution in [0.4, 0.5) is 0 Å². The topological polar surface area (TPSA) is 67.2 Å². The molecule has 2 aliphatic rings. The molecule has 0 unspecified atom stereocenters. The minimum atomic E-state index is -0.882. The maximum Gasteiger partial charge on any atom is 0.356 e. The summed E-state index contributed by atoms with van der Waals surface area (Å²) in [5, 5.41) is 12.5. The molecule has 3 rings (SSSR count). The monoisotopic (exact) mass is 249 g/mol. The van der Waals surface area contributed by atoms with Crippen molar-refractivity contribution in [2.75, 3.05) is 13.6 Å². The highest BCUT2D eigenvalue weighted by atomic mass is 16.4. The molecule has 2 N–H and O–H groups in total.